The number of esters is 1. The van der Waals surface area contributed by atoms with Crippen LogP contribution in [-0.4, -0.2) is 17.5 Å². The summed E-state index contributed by atoms with van der Waals surface area (Å²) in [6, 6.07) is 0. The van der Waals surface area contributed by atoms with Gasteiger partial charge in [0.1, 0.15) is 5.60 Å². The lowest BCUT2D eigenvalue weighted by atomic mass is 10.00. The minimum Gasteiger partial charge on any atom is -0.460 e. The van der Waals surface area contributed by atoms with Crippen LogP contribution in [0, 0.1) is 5.92 Å². The minimum atomic E-state index is -0.593. The molecule has 0 spiro atoms. The first-order valence-corrected chi connectivity index (χ1v) is 5.42. The van der Waals surface area contributed by atoms with Crippen LogP contribution in [0.3, 0.4) is 0 Å². The van der Waals surface area contributed by atoms with Gasteiger partial charge in [-0.3, -0.25) is 9.59 Å². The molecule has 0 aromatic carbocycles. The first kappa shape index (κ1) is 14.9. The molecule has 16 heavy (non-hydrogen) atoms. The molecule has 0 saturated heterocycles. The molecule has 0 fully saturated rings. The second-order valence-corrected chi connectivity index (χ2v) is 4.71. The Labute approximate surface area is 96.2 Å². The van der Waals surface area contributed by atoms with Crippen molar-refractivity contribution >= 4 is 11.9 Å². The molecular weight excluding hydrogens is 210 g/mol. The van der Waals surface area contributed by atoms with Crippen LogP contribution >= 0.6 is 0 Å². The van der Waals surface area contributed by atoms with Gasteiger partial charge in [-0.05, 0) is 27.2 Å². The Morgan fingerprint density at radius 1 is 1.31 bits per heavy atom. The Balaban J connectivity index is 4.40. The highest BCUT2D eigenvalue weighted by atomic mass is 16.7. The molecule has 0 amide bonds. The standard InChI is InChI=1S/C11H21NO4/c1-5-6-8(7-9(13)16-12)10(14)15-11(2,3)4/h8H,5-7,12H2,1-4H3/t8-/m1/s1. The largest absolute Gasteiger partial charge is 0.460 e. The second kappa shape index (κ2) is 6.48. The summed E-state index contributed by atoms with van der Waals surface area (Å²) in [5, 5.41) is 0. The summed E-state index contributed by atoms with van der Waals surface area (Å²) < 4.78 is 5.21. The van der Waals surface area contributed by atoms with Crippen LogP contribution in [0.2, 0.25) is 0 Å². The minimum absolute atomic E-state index is 0.0285. The zero-order valence-electron chi connectivity index (χ0n) is 10.4. The topological polar surface area (TPSA) is 78.6 Å². The maximum atomic E-state index is 11.7. The number of nitrogens with two attached hydrogens (primary N) is 1. The predicted molar refractivity (Wildman–Crippen MR) is 59.1 cm³/mol. The summed E-state index contributed by atoms with van der Waals surface area (Å²) in [6.45, 7) is 7.30. The predicted octanol–water partition coefficient (Wildman–Crippen LogP) is 1.55. The average Bonchev–Trinajstić information content (AvgIpc) is 2.14. The van der Waals surface area contributed by atoms with Gasteiger partial charge in [0.2, 0.25) is 0 Å². The summed E-state index contributed by atoms with van der Waals surface area (Å²) in [7, 11) is 0. The lowest BCUT2D eigenvalue weighted by Gasteiger charge is -2.23. The number of hydrogen-bond acceptors (Lipinski definition) is 5. The molecule has 5 heteroatoms. The smallest absolute Gasteiger partial charge is 0.325 e. The summed E-state index contributed by atoms with van der Waals surface area (Å²) >= 11 is 0. The lowest BCUT2D eigenvalue weighted by Crippen LogP contribution is -2.30. The fourth-order valence-corrected chi connectivity index (χ4v) is 1.29. The van der Waals surface area contributed by atoms with E-state index in [1.165, 1.54) is 0 Å². The van der Waals surface area contributed by atoms with Crippen LogP contribution in [0.5, 0.6) is 0 Å². The van der Waals surface area contributed by atoms with E-state index in [4.69, 9.17) is 10.6 Å². The van der Waals surface area contributed by atoms with E-state index in [9.17, 15) is 9.59 Å². The van der Waals surface area contributed by atoms with E-state index in [1.54, 1.807) is 20.8 Å². The molecule has 0 aliphatic rings. The van der Waals surface area contributed by atoms with E-state index >= 15 is 0 Å². The molecule has 2 N–H and O–H groups in total. The van der Waals surface area contributed by atoms with Gasteiger partial charge in [-0.2, -0.15) is 5.90 Å². The highest BCUT2D eigenvalue weighted by molar-refractivity contribution is 5.80. The van der Waals surface area contributed by atoms with Gasteiger partial charge in [-0.15, -0.1) is 0 Å². The molecule has 0 bridgehead atoms. The molecule has 0 heterocycles. The van der Waals surface area contributed by atoms with E-state index < -0.39 is 17.5 Å². The van der Waals surface area contributed by atoms with Crippen molar-refractivity contribution < 1.29 is 19.2 Å². The third-order valence-corrected chi connectivity index (χ3v) is 1.92. The Kier molecular flexibility index (Phi) is 6.03. The van der Waals surface area contributed by atoms with Crippen molar-refractivity contribution in [1.29, 1.82) is 0 Å². The molecular formula is C11H21NO4. The molecule has 0 unspecified atom stereocenters. The number of ether oxygens (including phenoxy) is 1. The summed E-state index contributed by atoms with van der Waals surface area (Å²) in [5.41, 5.74) is -0.546. The molecule has 0 aromatic rings. The van der Waals surface area contributed by atoms with Gasteiger partial charge >= 0.3 is 11.9 Å². The Morgan fingerprint density at radius 3 is 2.25 bits per heavy atom. The highest BCUT2D eigenvalue weighted by Gasteiger charge is 2.27. The van der Waals surface area contributed by atoms with Crippen LogP contribution in [0.25, 0.3) is 0 Å². The van der Waals surface area contributed by atoms with E-state index in [0.29, 0.717) is 6.42 Å². The van der Waals surface area contributed by atoms with Crippen molar-refractivity contribution in [3.05, 3.63) is 0 Å². The molecule has 0 aromatic heterocycles. The third kappa shape index (κ3) is 6.40. The van der Waals surface area contributed by atoms with E-state index in [-0.39, 0.29) is 12.4 Å². The average molecular weight is 231 g/mol. The molecule has 0 rings (SSSR count). The van der Waals surface area contributed by atoms with Crippen molar-refractivity contribution in [2.45, 2.75) is 52.6 Å². The van der Waals surface area contributed by atoms with Crippen molar-refractivity contribution in [3.8, 4) is 0 Å². The van der Waals surface area contributed by atoms with Crippen molar-refractivity contribution in [2.24, 2.45) is 11.8 Å². The SMILES string of the molecule is CCC[C@H](CC(=O)ON)C(=O)OC(C)(C)C. The van der Waals surface area contributed by atoms with E-state index in [1.807, 2.05) is 6.92 Å². The fraction of sp³-hybridized carbons (Fsp3) is 0.818. The van der Waals surface area contributed by atoms with E-state index in [2.05, 4.69) is 4.84 Å². The quantitative estimate of drug-likeness (QED) is 0.573. The van der Waals surface area contributed by atoms with Crippen molar-refractivity contribution in [2.75, 3.05) is 0 Å². The highest BCUT2D eigenvalue weighted by Crippen LogP contribution is 2.18. The van der Waals surface area contributed by atoms with Gasteiger partial charge in [-0.25, -0.2) is 0 Å². The summed E-state index contributed by atoms with van der Waals surface area (Å²) in [4.78, 5) is 26.8. The zero-order chi connectivity index (χ0) is 12.8. The van der Waals surface area contributed by atoms with Crippen molar-refractivity contribution in [3.63, 3.8) is 0 Å². The monoisotopic (exact) mass is 231 g/mol. The van der Waals surface area contributed by atoms with Crippen LogP contribution in [-0.2, 0) is 19.2 Å². The first-order chi connectivity index (χ1) is 7.30. The third-order valence-electron chi connectivity index (χ3n) is 1.92. The van der Waals surface area contributed by atoms with Gasteiger partial charge in [0.15, 0.2) is 0 Å². The van der Waals surface area contributed by atoms with Crippen LogP contribution in [0.4, 0.5) is 0 Å². The van der Waals surface area contributed by atoms with Gasteiger partial charge in [0.05, 0.1) is 12.3 Å². The molecule has 0 aliphatic heterocycles. The van der Waals surface area contributed by atoms with Gasteiger partial charge in [0.25, 0.3) is 0 Å². The zero-order valence-corrected chi connectivity index (χ0v) is 10.4. The number of hydrogen-bond donors (Lipinski definition) is 1. The molecule has 94 valence electrons. The normalized spacial score (nSPS) is 13.1. The fourth-order valence-electron chi connectivity index (χ4n) is 1.29. The van der Waals surface area contributed by atoms with Gasteiger partial charge < -0.3 is 9.57 Å². The number of carbonyl (C=O) groups excluding carboxylic acids is 2. The number of carbonyl (C=O) groups is 2. The summed E-state index contributed by atoms with van der Waals surface area (Å²) in [5.74, 6) is 3.30. The summed E-state index contributed by atoms with van der Waals surface area (Å²) in [6.07, 6.45) is 1.35. The molecule has 0 radical (unpaired) electrons. The van der Waals surface area contributed by atoms with Gasteiger partial charge in [0, 0.05) is 0 Å². The van der Waals surface area contributed by atoms with Crippen LogP contribution < -0.4 is 5.90 Å². The lowest BCUT2D eigenvalue weighted by molar-refractivity contribution is -0.164. The number of rotatable bonds is 5. The van der Waals surface area contributed by atoms with E-state index in [0.717, 1.165) is 6.42 Å². The van der Waals surface area contributed by atoms with Crippen LogP contribution in [0.1, 0.15) is 47.0 Å². The first-order valence-electron chi connectivity index (χ1n) is 5.42. The molecule has 5 nitrogen and oxygen atoms in total. The Bertz CT molecular complexity index is 245. The van der Waals surface area contributed by atoms with Crippen molar-refractivity contribution in [1.82, 2.24) is 0 Å². The molecule has 0 aliphatic carbocycles. The maximum Gasteiger partial charge on any atom is 0.325 e. The Morgan fingerprint density at radius 2 is 1.88 bits per heavy atom. The van der Waals surface area contributed by atoms with Gasteiger partial charge in [-0.1, -0.05) is 13.3 Å². The molecule has 1 atom stereocenters. The molecule has 0 saturated carbocycles. The maximum absolute atomic E-state index is 11.7. The van der Waals surface area contributed by atoms with Crippen LogP contribution in [0.15, 0.2) is 0 Å². The Hall–Kier alpha value is -1.10. The second-order valence-electron chi connectivity index (χ2n) is 4.71.